The predicted octanol–water partition coefficient (Wildman–Crippen LogP) is 3.79. The average Bonchev–Trinajstić information content (AvgIpc) is 2.71. The van der Waals surface area contributed by atoms with Crippen molar-refractivity contribution in [3.63, 3.8) is 0 Å². The molecule has 2 heterocycles. The second-order valence-electron chi connectivity index (χ2n) is 6.66. The van der Waals surface area contributed by atoms with E-state index in [4.69, 9.17) is 4.74 Å². The summed E-state index contributed by atoms with van der Waals surface area (Å²) in [6.07, 6.45) is 0.959. The van der Waals surface area contributed by atoms with E-state index in [-0.39, 0.29) is 18.3 Å². The number of alkyl halides is 3. The first-order chi connectivity index (χ1) is 13.4. The van der Waals surface area contributed by atoms with E-state index in [1.165, 1.54) is 31.4 Å². The van der Waals surface area contributed by atoms with Gasteiger partial charge in [-0.05, 0) is 55.2 Å². The lowest BCUT2D eigenvalue weighted by Crippen LogP contribution is -2.30. The van der Waals surface area contributed by atoms with Crippen LogP contribution >= 0.6 is 0 Å². The zero-order chi connectivity index (χ0) is 20.0. The topological polar surface area (TPSA) is 54.5 Å². The number of pyridine rings is 1. The lowest BCUT2D eigenvalue weighted by atomic mass is 10.1. The average molecular weight is 393 g/mol. The van der Waals surface area contributed by atoms with E-state index >= 15 is 0 Å². The normalized spacial score (nSPS) is 14.6. The number of halogens is 3. The van der Waals surface area contributed by atoms with Gasteiger partial charge in [-0.1, -0.05) is 6.07 Å². The van der Waals surface area contributed by atoms with E-state index < -0.39 is 11.7 Å². The van der Waals surface area contributed by atoms with Crippen molar-refractivity contribution >= 4 is 11.7 Å². The summed E-state index contributed by atoms with van der Waals surface area (Å²) >= 11 is 0. The van der Waals surface area contributed by atoms with E-state index in [1.54, 1.807) is 6.20 Å². The fourth-order valence-electron chi connectivity index (χ4n) is 2.97. The Morgan fingerprint density at radius 3 is 2.39 bits per heavy atom. The molecule has 0 atom stereocenters. The molecule has 1 aromatic carbocycles. The van der Waals surface area contributed by atoms with Crippen LogP contribution in [0.15, 0.2) is 42.6 Å². The van der Waals surface area contributed by atoms with Crippen molar-refractivity contribution in [2.24, 2.45) is 0 Å². The molecule has 1 aliphatic rings. The summed E-state index contributed by atoms with van der Waals surface area (Å²) in [5.74, 6) is 0.788. The highest BCUT2D eigenvalue weighted by molar-refractivity contribution is 5.77. The number of rotatable bonds is 6. The maximum absolute atomic E-state index is 12.5. The second-order valence-corrected chi connectivity index (χ2v) is 6.66. The Hall–Kier alpha value is -2.77. The molecule has 8 heteroatoms. The molecule has 28 heavy (non-hydrogen) atoms. The summed E-state index contributed by atoms with van der Waals surface area (Å²) in [4.78, 5) is 18.6. The largest absolute Gasteiger partial charge is 0.484 e. The number of amides is 1. The molecule has 0 bridgehead atoms. The molecule has 1 N–H and O–H groups in total. The minimum atomic E-state index is -4.40. The zero-order valence-corrected chi connectivity index (χ0v) is 15.3. The molecule has 0 radical (unpaired) electrons. The van der Waals surface area contributed by atoms with Crippen molar-refractivity contribution in [1.29, 1.82) is 0 Å². The number of piperidine rings is 1. The lowest BCUT2D eigenvalue weighted by molar-refractivity contribution is -0.137. The number of benzene rings is 1. The number of hydrogen-bond donors (Lipinski definition) is 1. The summed E-state index contributed by atoms with van der Waals surface area (Å²) in [5, 5.41) is 2.71. The van der Waals surface area contributed by atoms with Gasteiger partial charge in [-0.2, -0.15) is 13.2 Å². The van der Waals surface area contributed by atoms with Crippen LogP contribution in [0.4, 0.5) is 19.0 Å². The molecule has 0 spiro atoms. The number of carbonyl (C=O) groups excluding carboxylic acids is 1. The predicted molar refractivity (Wildman–Crippen MR) is 99.1 cm³/mol. The summed E-state index contributed by atoms with van der Waals surface area (Å²) in [7, 11) is 0. The number of carbonyl (C=O) groups is 1. The first-order valence-corrected chi connectivity index (χ1v) is 9.18. The van der Waals surface area contributed by atoms with Gasteiger partial charge >= 0.3 is 6.18 Å². The second kappa shape index (κ2) is 8.95. The van der Waals surface area contributed by atoms with Crippen molar-refractivity contribution in [1.82, 2.24) is 10.3 Å². The molecular weight excluding hydrogens is 371 g/mol. The quantitative estimate of drug-likeness (QED) is 0.812. The third-order valence-corrected chi connectivity index (χ3v) is 4.53. The Morgan fingerprint density at radius 2 is 1.79 bits per heavy atom. The van der Waals surface area contributed by atoms with Crippen LogP contribution in [-0.4, -0.2) is 30.6 Å². The number of nitrogens with zero attached hydrogens (tertiary/aromatic N) is 2. The first-order valence-electron chi connectivity index (χ1n) is 9.18. The molecule has 1 fully saturated rings. The molecule has 3 rings (SSSR count). The van der Waals surface area contributed by atoms with Gasteiger partial charge < -0.3 is 15.0 Å². The summed E-state index contributed by atoms with van der Waals surface area (Å²) in [6.45, 7) is 2.07. The van der Waals surface area contributed by atoms with Gasteiger partial charge in [-0.25, -0.2) is 4.98 Å². The number of aromatic nitrogens is 1. The Kier molecular flexibility index (Phi) is 6.38. The van der Waals surface area contributed by atoms with Gasteiger partial charge in [-0.15, -0.1) is 0 Å². The first kappa shape index (κ1) is 20.0. The minimum Gasteiger partial charge on any atom is -0.484 e. The van der Waals surface area contributed by atoms with Crippen molar-refractivity contribution in [3.8, 4) is 5.75 Å². The Morgan fingerprint density at radius 1 is 1.07 bits per heavy atom. The van der Waals surface area contributed by atoms with Crippen LogP contribution in [0.3, 0.4) is 0 Å². The van der Waals surface area contributed by atoms with Crippen LogP contribution < -0.4 is 15.0 Å². The van der Waals surface area contributed by atoms with Gasteiger partial charge in [0.15, 0.2) is 6.61 Å². The number of hydrogen-bond acceptors (Lipinski definition) is 4. The van der Waals surface area contributed by atoms with Crippen LogP contribution in [-0.2, 0) is 17.5 Å². The molecule has 150 valence electrons. The molecule has 5 nitrogen and oxygen atoms in total. The van der Waals surface area contributed by atoms with Crippen molar-refractivity contribution in [2.45, 2.75) is 32.0 Å². The fourth-order valence-corrected chi connectivity index (χ4v) is 2.97. The minimum absolute atomic E-state index is 0.204. The van der Waals surface area contributed by atoms with Crippen molar-refractivity contribution < 1.29 is 22.7 Å². The van der Waals surface area contributed by atoms with Crippen LogP contribution in [0.25, 0.3) is 0 Å². The third-order valence-electron chi connectivity index (χ3n) is 4.53. The molecule has 1 aromatic heterocycles. The highest BCUT2D eigenvalue weighted by Crippen LogP contribution is 2.30. The Balaban J connectivity index is 1.42. The van der Waals surface area contributed by atoms with Crippen LogP contribution in [0.1, 0.15) is 30.4 Å². The van der Waals surface area contributed by atoms with E-state index in [9.17, 15) is 18.0 Å². The summed E-state index contributed by atoms with van der Waals surface area (Å²) in [6, 6.07) is 8.10. The van der Waals surface area contributed by atoms with Gasteiger partial charge in [0.1, 0.15) is 11.6 Å². The van der Waals surface area contributed by atoms with Crippen LogP contribution in [0, 0.1) is 0 Å². The number of anilines is 1. The SMILES string of the molecule is O=C(COc1ccc(C(F)(F)F)cc1)NCc1ccc(N2CCCCC2)nc1. The van der Waals surface area contributed by atoms with Gasteiger partial charge in [0.2, 0.25) is 0 Å². The zero-order valence-electron chi connectivity index (χ0n) is 15.3. The fraction of sp³-hybridized carbons (Fsp3) is 0.400. The monoisotopic (exact) mass is 393 g/mol. The van der Waals surface area contributed by atoms with E-state index in [0.717, 1.165) is 36.6 Å². The van der Waals surface area contributed by atoms with Crippen molar-refractivity contribution in [3.05, 3.63) is 53.7 Å². The molecule has 1 aliphatic heterocycles. The Bertz CT molecular complexity index is 771. The third kappa shape index (κ3) is 5.61. The smallest absolute Gasteiger partial charge is 0.416 e. The van der Waals surface area contributed by atoms with Gasteiger partial charge in [-0.3, -0.25) is 4.79 Å². The number of nitrogens with one attached hydrogen (secondary N) is 1. The van der Waals surface area contributed by atoms with E-state index in [1.807, 2.05) is 12.1 Å². The number of ether oxygens (including phenoxy) is 1. The molecule has 0 unspecified atom stereocenters. The van der Waals surface area contributed by atoms with E-state index in [2.05, 4.69) is 15.2 Å². The van der Waals surface area contributed by atoms with Gasteiger partial charge in [0.05, 0.1) is 5.56 Å². The lowest BCUT2D eigenvalue weighted by Gasteiger charge is -2.27. The summed E-state index contributed by atoms with van der Waals surface area (Å²) in [5.41, 5.74) is 0.105. The van der Waals surface area contributed by atoms with Crippen LogP contribution in [0.5, 0.6) is 5.75 Å². The molecular formula is C20H22F3N3O2. The standard InChI is InChI=1S/C20H22F3N3O2/c21-20(22,23)16-5-7-17(8-6-16)28-14-19(27)25-13-15-4-9-18(24-12-15)26-10-2-1-3-11-26/h4-9,12H,1-3,10-11,13-14H2,(H,25,27). The molecule has 0 saturated carbocycles. The van der Waals surface area contributed by atoms with Crippen molar-refractivity contribution in [2.75, 3.05) is 24.6 Å². The van der Waals surface area contributed by atoms with Crippen LogP contribution in [0.2, 0.25) is 0 Å². The van der Waals surface area contributed by atoms with Gasteiger partial charge in [0.25, 0.3) is 5.91 Å². The Labute approximate surface area is 161 Å². The maximum Gasteiger partial charge on any atom is 0.416 e. The molecule has 2 aromatic rings. The molecule has 0 aliphatic carbocycles. The van der Waals surface area contributed by atoms with E-state index in [0.29, 0.717) is 6.54 Å². The highest BCUT2D eigenvalue weighted by atomic mass is 19.4. The maximum atomic E-state index is 12.5. The highest BCUT2D eigenvalue weighted by Gasteiger charge is 2.30. The summed E-state index contributed by atoms with van der Waals surface area (Å²) < 4.78 is 42.8. The van der Waals surface area contributed by atoms with Gasteiger partial charge in [0, 0.05) is 25.8 Å². The molecule has 1 saturated heterocycles. The molecule has 1 amide bonds.